The van der Waals surface area contributed by atoms with Gasteiger partial charge >= 0.3 is 0 Å². The van der Waals surface area contributed by atoms with Crippen molar-refractivity contribution in [2.45, 2.75) is 32.7 Å². The highest BCUT2D eigenvalue weighted by Gasteiger charge is 2.20. The van der Waals surface area contributed by atoms with Gasteiger partial charge in [0.1, 0.15) is 5.75 Å². The topological polar surface area (TPSA) is 71.8 Å². The van der Waals surface area contributed by atoms with Gasteiger partial charge in [-0.15, -0.1) is 0 Å². The Bertz CT molecular complexity index is 1330. The fourth-order valence-electron chi connectivity index (χ4n) is 5.02. The summed E-state index contributed by atoms with van der Waals surface area (Å²) in [6.07, 6.45) is 5.00. The number of hydrogen-bond acceptors (Lipinski definition) is 5. The number of piperidine rings is 1. The lowest BCUT2D eigenvalue weighted by molar-refractivity contribution is 0.0946. The summed E-state index contributed by atoms with van der Waals surface area (Å²) in [5, 5.41) is 7.82. The molecule has 0 atom stereocenters. The van der Waals surface area contributed by atoms with Gasteiger partial charge in [0, 0.05) is 30.9 Å². The summed E-state index contributed by atoms with van der Waals surface area (Å²) in [6.45, 7) is 5.82. The number of aromatic nitrogens is 3. The molecule has 1 amide bonds. The van der Waals surface area contributed by atoms with E-state index in [1.807, 2.05) is 37.3 Å². The van der Waals surface area contributed by atoms with Gasteiger partial charge in [0.25, 0.3) is 5.91 Å². The molecule has 36 heavy (non-hydrogen) atoms. The van der Waals surface area contributed by atoms with Crippen molar-refractivity contribution in [3.63, 3.8) is 0 Å². The van der Waals surface area contributed by atoms with E-state index >= 15 is 0 Å². The fourth-order valence-corrected chi connectivity index (χ4v) is 5.02. The highest BCUT2D eigenvalue weighted by atomic mass is 16.5. The lowest BCUT2D eigenvalue weighted by atomic mass is 9.93. The lowest BCUT2D eigenvalue weighted by Crippen LogP contribution is -2.35. The van der Waals surface area contributed by atoms with Crippen LogP contribution in [0.2, 0.25) is 0 Å². The molecule has 0 bridgehead atoms. The van der Waals surface area contributed by atoms with Gasteiger partial charge in [-0.3, -0.25) is 9.69 Å². The molecule has 0 saturated carbocycles. The first-order valence-electron chi connectivity index (χ1n) is 12.7. The minimum absolute atomic E-state index is 0.0993. The van der Waals surface area contributed by atoms with E-state index in [4.69, 9.17) is 9.84 Å². The molecule has 7 nitrogen and oxygen atoms in total. The number of carbonyl (C=O) groups excluding carboxylic acids is 1. The summed E-state index contributed by atoms with van der Waals surface area (Å²) < 4.78 is 7.21. The molecule has 0 spiro atoms. The SMILES string of the molecule is COc1ccccc1-c1cc2ncc(C(=O)NCCC3CCN(Cc4ccccc4)CC3)c(C)n2n1. The van der Waals surface area contributed by atoms with Gasteiger partial charge in [-0.1, -0.05) is 42.5 Å². The van der Waals surface area contributed by atoms with Crippen molar-refractivity contribution < 1.29 is 9.53 Å². The highest BCUT2D eigenvalue weighted by molar-refractivity contribution is 5.95. The third-order valence-corrected chi connectivity index (χ3v) is 7.15. The van der Waals surface area contributed by atoms with Crippen LogP contribution in [0, 0.1) is 12.8 Å². The molecule has 1 fully saturated rings. The third-order valence-electron chi connectivity index (χ3n) is 7.15. The number of fused-ring (bicyclic) bond motifs is 1. The number of benzene rings is 2. The molecule has 4 aromatic rings. The third kappa shape index (κ3) is 5.26. The van der Waals surface area contributed by atoms with Crippen LogP contribution >= 0.6 is 0 Å². The van der Waals surface area contributed by atoms with Gasteiger partial charge in [0.05, 0.1) is 24.1 Å². The average Bonchev–Trinajstić information content (AvgIpc) is 3.36. The van der Waals surface area contributed by atoms with E-state index in [0.29, 0.717) is 23.7 Å². The molecular formula is C29H33N5O2. The summed E-state index contributed by atoms with van der Waals surface area (Å²) in [6, 6.07) is 20.3. The van der Waals surface area contributed by atoms with Crippen LogP contribution in [0.15, 0.2) is 66.9 Å². The molecule has 1 saturated heterocycles. The van der Waals surface area contributed by atoms with E-state index in [-0.39, 0.29) is 5.91 Å². The van der Waals surface area contributed by atoms with Crippen molar-refractivity contribution in [3.05, 3.63) is 83.7 Å². The smallest absolute Gasteiger partial charge is 0.254 e. The summed E-state index contributed by atoms with van der Waals surface area (Å²) in [5.74, 6) is 1.30. The maximum atomic E-state index is 13.0. The highest BCUT2D eigenvalue weighted by Crippen LogP contribution is 2.29. The summed E-state index contributed by atoms with van der Waals surface area (Å²) in [4.78, 5) is 20.0. The minimum Gasteiger partial charge on any atom is -0.496 e. The van der Waals surface area contributed by atoms with E-state index in [1.54, 1.807) is 17.8 Å². The Morgan fingerprint density at radius 3 is 2.61 bits per heavy atom. The van der Waals surface area contributed by atoms with Crippen LogP contribution in [0.5, 0.6) is 5.75 Å². The second-order valence-electron chi connectivity index (χ2n) is 9.51. The van der Waals surface area contributed by atoms with Crippen molar-refractivity contribution in [3.8, 4) is 17.0 Å². The molecule has 3 heterocycles. The van der Waals surface area contributed by atoms with Crippen molar-refractivity contribution in [1.29, 1.82) is 0 Å². The molecule has 0 aliphatic carbocycles. The zero-order valence-electron chi connectivity index (χ0n) is 21.0. The predicted octanol–water partition coefficient (Wildman–Crippen LogP) is 4.75. The van der Waals surface area contributed by atoms with Crippen LogP contribution in [-0.2, 0) is 6.54 Å². The summed E-state index contributed by atoms with van der Waals surface area (Å²) >= 11 is 0. The van der Waals surface area contributed by atoms with Crippen molar-refractivity contribution >= 4 is 11.6 Å². The Morgan fingerprint density at radius 1 is 1.08 bits per heavy atom. The molecule has 186 valence electrons. The monoisotopic (exact) mass is 483 g/mol. The second-order valence-corrected chi connectivity index (χ2v) is 9.51. The fraction of sp³-hybridized carbons (Fsp3) is 0.345. The van der Waals surface area contributed by atoms with Crippen molar-refractivity contribution in [2.75, 3.05) is 26.7 Å². The largest absolute Gasteiger partial charge is 0.496 e. The van der Waals surface area contributed by atoms with Crippen molar-refractivity contribution in [2.24, 2.45) is 5.92 Å². The summed E-state index contributed by atoms with van der Waals surface area (Å²) in [5.41, 5.74) is 5.05. The van der Waals surface area contributed by atoms with Crippen LogP contribution in [0.1, 0.15) is 40.9 Å². The van der Waals surface area contributed by atoms with Gasteiger partial charge in [0.2, 0.25) is 0 Å². The predicted molar refractivity (Wildman–Crippen MR) is 141 cm³/mol. The van der Waals surface area contributed by atoms with Crippen LogP contribution in [0.4, 0.5) is 0 Å². The number of para-hydroxylation sites is 1. The molecule has 2 aromatic heterocycles. The maximum absolute atomic E-state index is 13.0. The number of likely N-dealkylation sites (tertiary alicyclic amines) is 1. The maximum Gasteiger partial charge on any atom is 0.254 e. The van der Waals surface area contributed by atoms with Crippen LogP contribution < -0.4 is 10.1 Å². The zero-order chi connectivity index (χ0) is 24.9. The van der Waals surface area contributed by atoms with E-state index < -0.39 is 0 Å². The van der Waals surface area contributed by atoms with Gasteiger partial charge in [-0.05, 0) is 62.9 Å². The minimum atomic E-state index is -0.0993. The van der Waals surface area contributed by atoms with Gasteiger partial charge in [-0.2, -0.15) is 5.10 Å². The van der Waals surface area contributed by atoms with Crippen LogP contribution in [0.25, 0.3) is 16.9 Å². The van der Waals surface area contributed by atoms with Gasteiger partial charge in [0.15, 0.2) is 5.65 Å². The standard InChI is InChI=1S/C29H33N5O2/c1-21-25(19-31-28-18-26(32-34(21)28)24-10-6-7-11-27(24)36-2)29(35)30-15-12-22-13-16-33(17-14-22)20-23-8-4-3-5-9-23/h3-11,18-19,22H,12-17,20H2,1-2H3,(H,30,35). The molecule has 0 radical (unpaired) electrons. The number of nitrogens with zero attached hydrogens (tertiary/aromatic N) is 4. The molecule has 0 unspecified atom stereocenters. The number of rotatable bonds is 8. The number of hydrogen-bond donors (Lipinski definition) is 1. The molecule has 1 aliphatic heterocycles. The van der Waals surface area contributed by atoms with Gasteiger partial charge < -0.3 is 10.1 Å². The van der Waals surface area contributed by atoms with Crippen molar-refractivity contribution in [1.82, 2.24) is 24.8 Å². The van der Waals surface area contributed by atoms with E-state index in [0.717, 1.165) is 48.8 Å². The average molecular weight is 484 g/mol. The van der Waals surface area contributed by atoms with E-state index in [1.165, 1.54) is 18.4 Å². The molecular weight excluding hydrogens is 450 g/mol. The number of ether oxygens (including phenoxy) is 1. The first-order chi connectivity index (χ1) is 17.6. The number of carbonyl (C=O) groups is 1. The lowest BCUT2D eigenvalue weighted by Gasteiger charge is -2.32. The zero-order valence-corrected chi connectivity index (χ0v) is 21.0. The van der Waals surface area contributed by atoms with Crippen LogP contribution in [0.3, 0.4) is 0 Å². The number of amides is 1. The Hall–Kier alpha value is -3.71. The molecule has 2 aromatic carbocycles. The Kier molecular flexibility index (Phi) is 7.28. The number of nitrogens with one attached hydrogen (secondary N) is 1. The molecule has 7 heteroatoms. The quantitative estimate of drug-likeness (QED) is 0.392. The Morgan fingerprint density at radius 2 is 1.83 bits per heavy atom. The second kappa shape index (κ2) is 10.9. The first-order valence-corrected chi connectivity index (χ1v) is 12.7. The summed E-state index contributed by atoms with van der Waals surface area (Å²) in [7, 11) is 1.65. The molecule has 1 aliphatic rings. The molecule has 5 rings (SSSR count). The van der Waals surface area contributed by atoms with E-state index in [9.17, 15) is 4.79 Å². The Labute approximate surface area is 212 Å². The normalized spacial score (nSPS) is 14.7. The first kappa shape index (κ1) is 24.0. The number of aryl methyl sites for hydroxylation is 1. The van der Waals surface area contributed by atoms with Gasteiger partial charge in [-0.25, -0.2) is 9.50 Å². The molecule has 1 N–H and O–H groups in total. The van der Waals surface area contributed by atoms with E-state index in [2.05, 4.69) is 45.5 Å². The number of methoxy groups -OCH3 is 1. The van der Waals surface area contributed by atoms with Crippen LogP contribution in [-0.4, -0.2) is 52.1 Å². The Balaban J connectivity index is 1.16.